The van der Waals surface area contributed by atoms with E-state index in [2.05, 4.69) is 33.3 Å². The van der Waals surface area contributed by atoms with Crippen molar-refractivity contribution in [1.29, 1.82) is 0 Å². The van der Waals surface area contributed by atoms with Crippen molar-refractivity contribution in [2.75, 3.05) is 11.1 Å². The minimum atomic E-state index is -0.296. The molecule has 0 amide bonds. The molecule has 3 N–H and O–H groups in total. The molecule has 0 aliphatic rings. The fraction of sp³-hybridized carbons (Fsp3) is 0.308. The second-order valence-corrected chi connectivity index (χ2v) is 5.19. The Balaban J connectivity index is 2.30. The van der Waals surface area contributed by atoms with E-state index >= 15 is 0 Å². The Morgan fingerprint density at radius 2 is 2.21 bits per heavy atom. The highest BCUT2D eigenvalue weighted by molar-refractivity contribution is 9.10. The molecule has 1 aromatic heterocycles. The molecule has 4 nitrogen and oxygen atoms in total. The van der Waals surface area contributed by atoms with E-state index in [1.807, 2.05) is 7.05 Å². The van der Waals surface area contributed by atoms with E-state index in [9.17, 15) is 4.39 Å². The van der Waals surface area contributed by atoms with Crippen LogP contribution in [0.25, 0.3) is 0 Å². The summed E-state index contributed by atoms with van der Waals surface area (Å²) >= 11 is 3.16. The molecule has 1 heterocycles. The Kier molecular flexibility index (Phi) is 4.09. The molecule has 102 valence electrons. The topological polar surface area (TPSA) is 55.9 Å². The van der Waals surface area contributed by atoms with E-state index in [-0.39, 0.29) is 5.82 Å². The molecular weight excluding hydrogens is 311 g/mol. The minimum absolute atomic E-state index is 0.296. The summed E-state index contributed by atoms with van der Waals surface area (Å²) in [7, 11) is 1.83. The number of benzene rings is 1. The molecular formula is C13H16BrFN4. The van der Waals surface area contributed by atoms with Gasteiger partial charge in [0.15, 0.2) is 5.82 Å². The number of anilines is 3. The largest absolute Gasteiger partial charge is 0.394 e. The molecule has 2 aromatic rings. The number of nitrogens with one attached hydrogen (secondary N) is 1. The molecule has 0 aliphatic carbocycles. The lowest BCUT2D eigenvalue weighted by Gasteiger charge is -2.08. The predicted molar refractivity (Wildman–Crippen MR) is 79.0 cm³/mol. The molecule has 19 heavy (non-hydrogen) atoms. The van der Waals surface area contributed by atoms with Crippen molar-refractivity contribution in [2.24, 2.45) is 7.05 Å². The molecule has 0 atom stereocenters. The minimum Gasteiger partial charge on any atom is -0.394 e. The molecule has 0 fully saturated rings. The van der Waals surface area contributed by atoms with Gasteiger partial charge < -0.3 is 11.1 Å². The molecule has 2 rings (SSSR count). The van der Waals surface area contributed by atoms with E-state index in [4.69, 9.17) is 5.73 Å². The molecule has 0 saturated heterocycles. The molecule has 0 bridgehead atoms. The van der Waals surface area contributed by atoms with Crippen molar-refractivity contribution < 1.29 is 4.39 Å². The third-order valence-corrected chi connectivity index (χ3v) is 3.44. The van der Waals surface area contributed by atoms with E-state index in [1.54, 1.807) is 16.8 Å². The van der Waals surface area contributed by atoms with Crippen molar-refractivity contribution in [3.05, 3.63) is 34.2 Å². The van der Waals surface area contributed by atoms with Crippen LogP contribution in [0.1, 0.15) is 19.0 Å². The zero-order valence-corrected chi connectivity index (χ0v) is 12.5. The summed E-state index contributed by atoms with van der Waals surface area (Å²) in [4.78, 5) is 0. The predicted octanol–water partition coefficient (Wildman–Crippen LogP) is 3.60. The van der Waals surface area contributed by atoms with Crippen molar-refractivity contribution >= 4 is 33.1 Å². The standard InChI is InChI=1S/C13H16BrFN4/c1-3-4-11-12(16)13(19(2)18-11)17-8-5-6-10(15)9(14)7-8/h5-7,17H,3-4,16H2,1-2H3. The van der Waals surface area contributed by atoms with Crippen LogP contribution in [-0.2, 0) is 13.5 Å². The third-order valence-electron chi connectivity index (χ3n) is 2.83. The fourth-order valence-corrected chi connectivity index (χ4v) is 2.26. The maximum absolute atomic E-state index is 13.2. The molecule has 0 saturated carbocycles. The van der Waals surface area contributed by atoms with Gasteiger partial charge in [0.2, 0.25) is 0 Å². The molecule has 1 aromatic carbocycles. The van der Waals surface area contributed by atoms with Gasteiger partial charge in [-0.15, -0.1) is 0 Å². The Bertz CT molecular complexity index is 595. The van der Waals surface area contributed by atoms with E-state index < -0.39 is 0 Å². The van der Waals surface area contributed by atoms with Gasteiger partial charge >= 0.3 is 0 Å². The summed E-state index contributed by atoms with van der Waals surface area (Å²) in [5, 5.41) is 7.55. The highest BCUT2D eigenvalue weighted by Crippen LogP contribution is 2.28. The first-order valence-corrected chi connectivity index (χ1v) is 6.85. The lowest BCUT2D eigenvalue weighted by molar-refractivity contribution is 0.621. The van der Waals surface area contributed by atoms with Gasteiger partial charge in [0.25, 0.3) is 0 Å². The zero-order valence-electron chi connectivity index (χ0n) is 10.9. The number of hydrogen-bond donors (Lipinski definition) is 2. The molecule has 6 heteroatoms. The van der Waals surface area contributed by atoms with Gasteiger partial charge in [-0.3, -0.25) is 4.68 Å². The number of nitrogens with two attached hydrogens (primary N) is 1. The maximum atomic E-state index is 13.2. The average Bonchev–Trinajstić information content (AvgIpc) is 2.62. The Hall–Kier alpha value is -1.56. The highest BCUT2D eigenvalue weighted by atomic mass is 79.9. The third kappa shape index (κ3) is 2.89. The van der Waals surface area contributed by atoms with Crippen LogP contribution in [0, 0.1) is 5.82 Å². The number of aryl methyl sites for hydroxylation is 2. The number of nitrogen functional groups attached to an aromatic ring is 1. The number of hydrogen-bond acceptors (Lipinski definition) is 3. The smallest absolute Gasteiger partial charge is 0.152 e. The molecule has 0 spiro atoms. The quantitative estimate of drug-likeness (QED) is 0.902. The van der Waals surface area contributed by atoms with Crippen molar-refractivity contribution in [3.8, 4) is 0 Å². The lowest BCUT2D eigenvalue weighted by Crippen LogP contribution is -2.01. The van der Waals surface area contributed by atoms with Crippen LogP contribution in [0.4, 0.5) is 21.6 Å². The number of nitrogens with zero attached hydrogens (tertiary/aromatic N) is 2. The van der Waals surface area contributed by atoms with E-state index in [0.29, 0.717) is 10.2 Å². The van der Waals surface area contributed by atoms with E-state index in [1.165, 1.54) is 6.07 Å². The molecule has 0 radical (unpaired) electrons. The normalized spacial score (nSPS) is 10.7. The van der Waals surface area contributed by atoms with Crippen molar-refractivity contribution in [3.63, 3.8) is 0 Å². The summed E-state index contributed by atoms with van der Waals surface area (Å²) in [6.45, 7) is 2.08. The van der Waals surface area contributed by atoms with E-state index in [0.717, 1.165) is 30.0 Å². The number of halogens is 2. The summed E-state index contributed by atoms with van der Waals surface area (Å²) in [6.07, 6.45) is 1.83. The van der Waals surface area contributed by atoms with Gasteiger partial charge in [-0.2, -0.15) is 5.10 Å². The van der Waals surface area contributed by atoms with Gasteiger partial charge in [-0.05, 0) is 40.5 Å². The van der Waals surface area contributed by atoms with Crippen molar-refractivity contribution in [2.45, 2.75) is 19.8 Å². The van der Waals surface area contributed by atoms with Gasteiger partial charge in [0.05, 0.1) is 15.9 Å². The first-order chi connectivity index (χ1) is 9.02. The lowest BCUT2D eigenvalue weighted by atomic mass is 10.2. The zero-order chi connectivity index (χ0) is 14.0. The van der Waals surface area contributed by atoms with Gasteiger partial charge in [0, 0.05) is 12.7 Å². The second-order valence-electron chi connectivity index (χ2n) is 4.34. The Morgan fingerprint density at radius 3 is 2.84 bits per heavy atom. The van der Waals surface area contributed by atoms with Gasteiger partial charge in [-0.1, -0.05) is 13.3 Å². The Morgan fingerprint density at radius 1 is 1.47 bits per heavy atom. The van der Waals surface area contributed by atoms with Crippen LogP contribution in [0.15, 0.2) is 22.7 Å². The van der Waals surface area contributed by atoms with Crippen LogP contribution >= 0.6 is 15.9 Å². The monoisotopic (exact) mass is 326 g/mol. The second kappa shape index (κ2) is 5.61. The van der Waals surface area contributed by atoms with Crippen LogP contribution in [0.5, 0.6) is 0 Å². The number of aromatic nitrogens is 2. The van der Waals surface area contributed by atoms with Crippen LogP contribution < -0.4 is 11.1 Å². The van der Waals surface area contributed by atoms with Gasteiger partial charge in [0.1, 0.15) is 5.82 Å². The van der Waals surface area contributed by atoms with Crippen LogP contribution in [0.2, 0.25) is 0 Å². The summed E-state index contributed by atoms with van der Waals surface area (Å²) in [5.41, 5.74) is 8.36. The maximum Gasteiger partial charge on any atom is 0.152 e. The summed E-state index contributed by atoms with van der Waals surface area (Å²) < 4.78 is 15.3. The van der Waals surface area contributed by atoms with Crippen LogP contribution in [0.3, 0.4) is 0 Å². The first-order valence-electron chi connectivity index (χ1n) is 6.06. The fourth-order valence-electron chi connectivity index (χ4n) is 1.88. The summed E-state index contributed by atoms with van der Waals surface area (Å²) in [5.74, 6) is 0.428. The molecule has 0 unspecified atom stereocenters. The highest BCUT2D eigenvalue weighted by Gasteiger charge is 2.13. The first kappa shape index (κ1) is 13.9. The Labute approximate surface area is 119 Å². The van der Waals surface area contributed by atoms with Gasteiger partial charge in [-0.25, -0.2) is 4.39 Å². The van der Waals surface area contributed by atoms with Crippen molar-refractivity contribution in [1.82, 2.24) is 9.78 Å². The summed E-state index contributed by atoms with van der Waals surface area (Å²) in [6, 6.07) is 4.72. The number of rotatable bonds is 4. The molecule has 0 aliphatic heterocycles. The SMILES string of the molecule is CCCc1nn(C)c(Nc2ccc(F)c(Br)c2)c1N. The average molecular weight is 327 g/mol. The van der Waals surface area contributed by atoms with Crippen LogP contribution in [-0.4, -0.2) is 9.78 Å².